The van der Waals surface area contributed by atoms with Crippen LogP contribution < -0.4 is 11.1 Å². The molecule has 1 amide bonds. The normalized spacial score (nSPS) is 35.2. The summed E-state index contributed by atoms with van der Waals surface area (Å²) in [5.41, 5.74) is 6.24. The molecule has 166 valence electrons. The molecule has 30 heavy (non-hydrogen) atoms. The van der Waals surface area contributed by atoms with Gasteiger partial charge in [0.15, 0.2) is 5.69 Å². The molecule has 3 N–H and O–H groups in total. The van der Waals surface area contributed by atoms with E-state index in [4.69, 9.17) is 15.0 Å². The fraction of sp³-hybridized carbons (Fsp3) is 0.800. The van der Waals surface area contributed by atoms with Gasteiger partial charge in [-0.3, -0.25) is 4.79 Å². The van der Waals surface area contributed by atoms with Crippen molar-refractivity contribution >= 4 is 15.9 Å². The maximum absolute atomic E-state index is 13.3. The number of aromatic nitrogens is 1. The molecule has 0 aromatic carbocycles. The van der Waals surface area contributed by atoms with Crippen LogP contribution in [0.15, 0.2) is 10.6 Å². The maximum Gasteiger partial charge on any atom is 0.273 e. The van der Waals surface area contributed by atoms with E-state index in [1.54, 1.807) is 10.4 Å². The van der Waals surface area contributed by atoms with Crippen LogP contribution in [0.3, 0.4) is 0 Å². The Hall–Kier alpha value is -1.49. The molecular formula is C20H30N4O5S. The summed E-state index contributed by atoms with van der Waals surface area (Å²) < 4.78 is 38.9. The van der Waals surface area contributed by atoms with E-state index < -0.39 is 10.0 Å². The highest BCUT2D eigenvalue weighted by Crippen LogP contribution is 2.41. The van der Waals surface area contributed by atoms with Gasteiger partial charge in [0.2, 0.25) is 10.0 Å². The van der Waals surface area contributed by atoms with E-state index in [9.17, 15) is 13.2 Å². The van der Waals surface area contributed by atoms with Gasteiger partial charge in [0.1, 0.15) is 5.76 Å². The molecule has 5 rings (SSSR count). The third kappa shape index (κ3) is 3.68. The molecule has 1 saturated carbocycles. The number of hydrogen-bond acceptors (Lipinski definition) is 7. The number of carbonyl (C=O) groups excluding carboxylic acids is 1. The number of carbonyl (C=O) groups is 1. The Morgan fingerprint density at radius 1 is 1.10 bits per heavy atom. The quantitative estimate of drug-likeness (QED) is 0.705. The van der Waals surface area contributed by atoms with Crippen molar-refractivity contribution in [1.29, 1.82) is 0 Å². The van der Waals surface area contributed by atoms with Gasteiger partial charge in [-0.1, -0.05) is 5.16 Å². The largest absolute Gasteiger partial charge is 0.380 e. The summed E-state index contributed by atoms with van der Waals surface area (Å²) in [5, 5.41) is 6.64. The van der Waals surface area contributed by atoms with Gasteiger partial charge >= 0.3 is 0 Å². The van der Waals surface area contributed by atoms with E-state index >= 15 is 0 Å². The van der Waals surface area contributed by atoms with Crippen molar-refractivity contribution < 1.29 is 22.5 Å². The van der Waals surface area contributed by atoms with Crippen molar-refractivity contribution in [2.45, 2.75) is 86.7 Å². The highest BCUT2D eigenvalue weighted by Gasteiger charge is 2.49. The number of ether oxygens (including phenoxy) is 1. The van der Waals surface area contributed by atoms with E-state index in [-0.39, 0.29) is 46.9 Å². The van der Waals surface area contributed by atoms with Gasteiger partial charge in [-0.2, -0.15) is 4.31 Å². The number of amides is 1. The van der Waals surface area contributed by atoms with Crippen molar-refractivity contribution in [3.63, 3.8) is 0 Å². The zero-order valence-electron chi connectivity index (χ0n) is 17.0. The lowest BCUT2D eigenvalue weighted by atomic mass is 9.96. The van der Waals surface area contributed by atoms with E-state index in [1.165, 1.54) is 0 Å². The minimum Gasteiger partial charge on any atom is -0.380 e. The third-order valence-electron chi connectivity index (χ3n) is 7.24. The predicted octanol–water partition coefficient (Wildman–Crippen LogP) is 1.11. The number of hydrogen-bond donors (Lipinski definition) is 2. The van der Waals surface area contributed by atoms with Crippen molar-refractivity contribution in [1.82, 2.24) is 14.8 Å². The number of rotatable bonds is 5. The second kappa shape index (κ2) is 7.89. The highest BCUT2D eigenvalue weighted by molar-refractivity contribution is 7.89. The average Bonchev–Trinajstić information content (AvgIpc) is 3.24. The summed E-state index contributed by atoms with van der Waals surface area (Å²) in [5.74, 6) is 0.601. The van der Waals surface area contributed by atoms with Crippen LogP contribution >= 0.6 is 0 Å². The van der Waals surface area contributed by atoms with Crippen molar-refractivity contribution in [3.8, 4) is 0 Å². The van der Waals surface area contributed by atoms with Gasteiger partial charge < -0.3 is 20.3 Å². The number of fused-ring (bicyclic) bond motifs is 2. The smallest absolute Gasteiger partial charge is 0.273 e. The molecule has 9 nitrogen and oxygen atoms in total. The van der Waals surface area contributed by atoms with Crippen molar-refractivity contribution in [3.05, 3.63) is 17.5 Å². The van der Waals surface area contributed by atoms with Crippen molar-refractivity contribution in [2.75, 3.05) is 13.2 Å². The molecule has 4 fully saturated rings. The minimum absolute atomic E-state index is 0.0327. The number of sulfonamides is 1. The molecule has 3 aliphatic heterocycles. The third-order valence-corrected chi connectivity index (χ3v) is 9.73. The maximum atomic E-state index is 13.3. The first-order valence-corrected chi connectivity index (χ1v) is 12.6. The highest BCUT2D eigenvalue weighted by atomic mass is 32.2. The Kier molecular flexibility index (Phi) is 5.37. The summed E-state index contributed by atoms with van der Waals surface area (Å²) in [6.45, 7) is 1.19. The summed E-state index contributed by atoms with van der Waals surface area (Å²) in [7, 11) is -3.33. The Labute approximate surface area is 176 Å². The molecule has 1 aromatic heterocycles. The lowest BCUT2D eigenvalue weighted by Gasteiger charge is -2.40. The van der Waals surface area contributed by atoms with Crippen molar-refractivity contribution in [2.24, 2.45) is 5.73 Å². The van der Waals surface area contributed by atoms with Gasteiger partial charge in [-0.25, -0.2) is 8.42 Å². The van der Waals surface area contributed by atoms with Gasteiger partial charge in [0.25, 0.3) is 5.91 Å². The van der Waals surface area contributed by atoms with Crippen LogP contribution in [-0.2, 0) is 14.8 Å². The Morgan fingerprint density at radius 3 is 2.37 bits per heavy atom. The fourth-order valence-corrected chi connectivity index (χ4v) is 7.90. The first-order chi connectivity index (χ1) is 14.4. The summed E-state index contributed by atoms with van der Waals surface area (Å²) in [6, 6.07) is 1.70. The first-order valence-electron chi connectivity index (χ1n) is 11.0. The van der Waals surface area contributed by atoms with Gasteiger partial charge in [-0.15, -0.1) is 0 Å². The van der Waals surface area contributed by atoms with E-state index in [1.807, 2.05) is 0 Å². The minimum atomic E-state index is -3.33. The van der Waals surface area contributed by atoms with Gasteiger partial charge in [0, 0.05) is 30.2 Å². The molecule has 3 atom stereocenters. The fourth-order valence-electron chi connectivity index (χ4n) is 5.47. The molecule has 0 radical (unpaired) electrons. The lowest BCUT2D eigenvalue weighted by Crippen LogP contribution is -2.55. The molecular weight excluding hydrogens is 408 g/mol. The molecule has 1 aromatic rings. The molecule has 10 heteroatoms. The van der Waals surface area contributed by atoms with Crippen LogP contribution in [0.25, 0.3) is 0 Å². The Morgan fingerprint density at radius 2 is 1.77 bits per heavy atom. The Bertz CT molecular complexity index is 877. The summed E-state index contributed by atoms with van der Waals surface area (Å²) in [4.78, 5) is 12.6. The SMILES string of the molecule is NC1CCC(S(=O)(=O)N2[C@@H]3CC[C@H]2CC(NC(=O)c2cc(C4COC4)on2)C3)CC1. The van der Waals surface area contributed by atoms with E-state index in [2.05, 4.69) is 10.5 Å². The first kappa shape index (κ1) is 20.4. The molecule has 2 bridgehead atoms. The number of nitrogens with two attached hydrogens (primary N) is 1. The second-order valence-electron chi connectivity index (χ2n) is 9.29. The second-order valence-corrected chi connectivity index (χ2v) is 11.4. The van der Waals surface area contributed by atoms with Gasteiger partial charge in [-0.05, 0) is 51.4 Å². The van der Waals surface area contributed by atoms with Crippen LogP contribution in [0.5, 0.6) is 0 Å². The molecule has 4 aliphatic rings. The molecule has 4 heterocycles. The zero-order valence-corrected chi connectivity index (χ0v) is 17.9. The van der Waals surface area contributed by atoms with Crippen LogP contribution in [0.2, 0.25) is 0 Å². The average molecular weight is 439 g/mol. The monoisotopic (exact) mass is 438 g/mol. The van der Waals surface area contributed by atoms with Crippen LogP contribution in [0.4, 0.5) is 0 Å². The number of nitrogens with zero attached hydrogens (tertiary/aromatic N) is 2. The Balaban J connectivity index is 1.22. The lowest BCUT2D eigenvalue weighted by molar-refractivity contribution is -0.00228. The number of nitrogens with one attached hydrogen (secondary N) is 1. The molecule has 0 spiro atoms. The van der Waals surface area contributed by atoms with Crippen LogP contribution in [0.1, 0.15) is 73.5 Å². The summed E-state index contributed by atoms with van der Waals surface area (Å²) in [6.07, 6.45) is 5.87. The molecule has 1 aliphatic carbocycles. The van der Waals surface area contributed by atoms with Crippen LogP contribution in [0, 0.1) is 0 Å². The molecule has 3 saturated heterocycles. The predicted molar refractivity (Wildman–Crippen MR) is 108 cm³/mol. The molecule has 1 unspecified atom stereocenters. The zero-order chi connectivity index (χ0) is 20.9. The standard InChI is InChI=1S/C20H30N4O5S/c21-13-1-5-17(6-2-13)30(26,27)24-15-3-4-16(24)8-14(7-15)22-20(25)18-9-19(29-23-18)12-10-28-11-12/h9,12-17H,1-8,10-11,21H2,(H,22,25)/t13?,14?,15-,16+,17?. The van der Waals surface area contributed by atoms with Gasteiger partial charge in [0.05, 0.1) is 24.4 Å². The van der Waals surface area contributed by atoms with E-state index in [0.717, 1.165) is 25.7 Å². The van der Waals surface area contributed by atoms with E-state index in [0.29, 0.717) is 44.7 Å². The summed E-state index contributed by atoms with van der Waals surface area (Å²) >= 11 is 0. The number of piperidine rings is 1. The topological polar surface area (TPSA) is 128 Å². The van der Waals surface area contributed by atoms with Crippen LogP contribution in [-0.4, -0.2) is 66.4 Å².